The molecule has 1 aliphatic heterocycles. The summed E-state index contributed by atoms with van der Waals surface area (Å²) in [6.45, 7) is 7.25. The smallest absolute Gasteiger partial charge is 0.314 e. The minimum Gasteiger partial charge on any atom is -0.494 e. The molecule has 1 fully saturated rings. The Hall–Kier alpha value is -3.42. The molecule has 1 atom stereocenters. The monoisotopic (exact) mass is 571 g/mol. The lowest BCUT2D eigenvalue weighted by Crippen LogP contribution is -2.37. The summed E-state index contributed by atoms with van der Waals surface area (Å²) >= 11 is 0. The van der Waals surface area contributed by atoms with Crippen molar-refractivity contribution in [1.29, 1.82) is 0 Å². The van der Waals surface area contributed by atoms with Gasteiger partial charge in [-0.3, -0.25) is 9.88 Å². The number of ether oxygens (including phenoxy) is 1. The molecule has 42 heavy (non-hydrogen) atoms. The summed E-state index contributed by atoms with van der Waals surface area (Å²) in [4.78, 5) is 21.7. The highest BCUT2D eigenvalue weighted by molar-refractivity contribution is 5.73. The van der Waals surface area contributed by atoms with Gasteiger partial charge in [0.05, 0.1) is 6.61 Å². The van der Waals surface area contributed by atoms with Crippen LogP contribution in [0.1, 0.15) is 67.7 Å². The third-order valence-corrected chi connectivity index (χ3v) is 7.93. The van der Waals surface area contributed by atoms with Crippen molar-refractivity contribution in [3.63, 3.8) is 0 Å². The predicted molar refractivity (Wildman–Crippen MR) is 171 cm³/mol. The van der Waals surface area contributed by atoms with Crippen LogP contribution in [0.25, 0.3) is 0 Å². The molecule has 2 N–H and O–H groups in total. The molecule has 2 aromatic carbocycles. The molecule has 0 radical (unpaired) electrons. The van der Waals surface area contributed by atoms with Crippen LogP contribution in [0.4, 0.5) is 4.79 Å². The Morgan fingerprint density at radius 1 is 0.905 bits per heavy atom. The standard InChI is InChI=1S/C35H49N5O2/c1-39(26-19-33(31-15-4-2-5-16-31)34-18-6-7-20-36-34)23-11-8-21-37-35(41)38-22-13-27-42-32-17-12-14-30(28-32)29-40-24-9-3-10-25-40/h2,4-7,12,14-18,20,28,33H,3,8-11,13,19,21-27,29H2,1H3,(H2,37,38,41). The number of hydrogen-bond acceptors (Lipinski definition) is 5. The molecule has 7 heteroatoms. The molecule has 1 aromatic heterocycles. The zero-order valence-electron chi connectivity index (χ0n) is 25.3. The molecular formula is C35H49N5O2. The van der Waals surface area contributed by atoms with Crippen LogP contribution in [-0.4, -0.2) is 73.7 Å². The van der Waals surface area contributed by atoms with Crippen molar-refractivity contribution >= 4 is 6.03 Å². The van der Waals surface area contributed by atoms with Crippen molar-refractivity contribution < 1.29 is 9.53 Å². The molecule has 1 saturated heterocycles. The first-order chi connectivity index (χ1) is 20.7. The van der Waals surface area contributed by atoms with E-state index in [0.717, 1.165) is 56.8 Å². The first-order valence-corrected chi connectivity index (χ1v) is 15.8. The SMILES string of the molecule is CN(CCCCNC(=O)NCCCOc1cccc(CN2CCCCC2)c1)CCC(c1ccccc1)c1ccccn1. The van der Waals surface area contributed by atoms with Crippen LogP contribution >= 0.6 is 0 Å². The number of unbranched alkanes of at least 4 members (excludes halogenated alkanes) is 1. The van der Waals surface area contributed by atoms with Crippen molar-refractivity contribution in [2.45, 2.75) is 57.4 Å². The summed E-state index contributed by atoms with van der Waals surface area (Å²) in [5, 5.41) is 5.93. The van der Waals surface area contributed by atoms with E-state index in [2.05, 4.69) is 93.1 Å². The molecular weight excluding hydrogens is 522 g/mol. The van der Waals surface area contributed by atoms with Gasteiger partial charge in [0.15, 0.2) is 0 Å². The molecule has 1 aliphatic rings. The van der Waals surface area contributed by atoms with E-state index in [1.54, 1.807) is 0 Å². The fourth-order valence-corrected chi connectivity index (χ4v) is 5.56. The number of rotatable bonds is 17. The zero-order valence-corrected chi connectivity index (χ0v) is 25.3. The topological polar surface area (TPSA) is 69.7 Å². The van der Waals surface area contributed by atoms with E-state index >= 15 is 0 Å². The normalized spacial score (nSPS) is 14.4. The number of piperidine rings is 1. The molecule has 3 aromatic rings. The predicted octanol–water partition coefficient (Wildman–Crippen LogP) is 6.07. The second kappa shape index (κ2) is 18.2. The molecule has 2 amide bonds. The highest BCUT2D eigenvalue weighted by Crippen LogP contribution is 2.26. The number of nitrogens with one attached hydrogen (secondary N) is 2. The van der Waals surface area contributed by atoms with E-state index in [4.69, 9.17) is 4.74 Å². The number of amides is 2. The van der Waals surface area contributed by atoms with Gasteiger partial charge < -0.3 is 20.3 Å². The van der Waals surface area contributed by atoms with Gasteiger partial charge in [0.2, 0.25) is 0 Å². The number of carbonyl (C=O) groups excluding carboxylic acids is 1. The third-order valence-electron chi connectivity index (χ3n) is 7.93. The largest absolute Gasteiger partial charge is 0.494 e. The molecule has 2 heterocycles. The highest BCUT2D eigenvalue weighted by atomic mass is 16.5. The Morgan fingerprint density at radius 2 is 1.69 bits per heavy atom. The average molecular weight is 572 g/mol. The van der Waals surface area contributed by atoms with Crippen molar-refractivity contribution in [2.24, 2.45) is 0 Å². The number of nitrogens with zero attached hydrogens (tertiary/aromatic N) is 3. The molecule has 1 unspecified atom stereocenters. The molecule has 226 valence electrons. The van der Waals surface area contributed by atoms with E-state index in [9.17, 15) is 4.79 Å². The lowest BCUT2D eigenvalue weighted by molar-refractivity contribution is 0.220. The first kappa shape index (κ1) is 31.5. The second-order valence-electron chi connectivity index (χ2n) is 11.4. The van der Waals surface area contributed by atoms with E-state index in [1.807, 2.05) is 18.3 Å². The summed E-state index contributed by atoms with van der Waals surface area (Å²) in [5.41, 5.74) is 3.74. The van der Waals surface area contributed by atoms with Gasteiger partial charge in [0, 0.05) is 37.4 Å². The molecule has 7 nitrogen and oxygen atoms in total. The van der Waals surface area contributed by atoms with E-state index < -0.39 is 0 Å². The van der Waals surface area contributed by atoms with Gasteiger partial charge in [-0.2, -0.15) is 0 Å². The molecule has 0 aliphatic carbocycles. The van der Waals surface area contributed by atoms with Crippen molar-refractivity contribution in [1.82, 2.24) is 25.4 Å². The minimum absolute atomic E-state index is 0.104. The summed E-state index contributed by atoms with van der Waals surface area (Å²) in [5.74, 6) is 1.20. The van der Waals surface area contributed by atoms with E-state index in [-0.39, 0.29) is 6.03 Å². The summed E-state index contributed by atoms with van der Waals surface area (Å²) in [6.07, 6.45) is 9.63. The Labute approximate surface area is 252 Å². The van der Waals surface area contributed by atoms with Gasteiger partial charge in [-0.15, -0.1) is 0 Å². The van der Waals surface area contributed by atoms with Gasteiger partial charge in [-0.1, -0.05) is 55.0 Å². The fraction of sp³-hybridized carbons (Fsp3) is 0.486. The molecule has 0 bridgehead atoms. The summed E-state index contributed by atoms with van der Waals surface area (Å²) in [6, 6.07) is 25.1. The maximum Gasteiger partial charge on any atom is 0.314 e. The quantitative estimate of drug-likeness (QED) is 0.193. The van der Waals surface area contributed by atoms with Crippen LogP contribution in [0, 0.1) is 0 Å². The van der Waals surface area contributed by atoms with E-state index in [1.165, 1.54) is 43.5 Å². The minimum atomic E-state index is -0.104. The Bertz CT molecular complexity index is 1110. The van der Waals surface area contributed by atoms with Crippen LogP contribution in [0.15, 0.2) is 79.0 Å². The Morgan fingerprint density at radius 3 is 2.48 bits per heavy atom. The van der Waals surface area contributed by atoms with Gasteiger partial charge in [-0.25, -0.2) is 4.79 Å². The van der Waals surface area contributed by atoms with Crippen LogP contribution in [0.2, 0.25) is 0 Å². The number of benzene rings is 2. The first-order valence-electron chi connectivity index (χ1n) is 15.8. The number of carbonyl (C=O) groups is 1. The van der Waals surface area contributed by atoms with Gasteiger partial charge in [0.25, 0.3) is 0 Å². The average Bonchev–Trinajstić information content (AvgIpc) is 3.02. The highest BCUT2D eigenvalue weighted by Gasteiger charge is 2.16. The molecule has 4 rings (SSSR count). The summed E-state index contributed by atoms with van der Waals surface area (Å²) < 4.78 is 5.94. The van der Waals surface area contributed by atoms with Crippen LogP contribution in [0.3, 0.4) is 0 Å². The van der Waals surface area contributed by atoms with Crippen LogP contribution < -0.4 is 15.4 Å². The Kier molecular flexibility index (Phi) is 13.6. The van der Waals surface area contributed by atoms with Crippen molar-refractivity contribution in [3.05, 3.63) is 95.8 Å². The van der Waals surface area contributed by atoms with Crippen molar-refractivity contribution in [2.75, 3.05) is 52.9 Å². The third kappa shape index (κ3) is 11.5. The van der Waals surface area contributed by atoms with Gasteiger partial charge >= 0.3 is 6.03 Å². The lowest BCUT2D eigenvalue weighted by Gasteiger charge is -2.26. The zero-order chi connectivity index (χ0) is 29.2. The van der Waals surface area contributed by atoms with Crippen LogP contribution in [-0.2, 0) is 6.54 Å². The lowest BCUT2D eigenvalue weighted by atomic mass is 9.92. The maximum atomic E-state index is 12.2. The van der Waals surface area contributed by atoms with Gasteiger partial charge in [-0.05, 0) is 107 Å². The number of aromatic nitrogens is 1. The number of hydrogen-bond donors (Lipinski definition) is 2. The van der Waals surface area contributed by atoms with Crippen LogP contribution in [0.5, 0.6) is 5.75 Å². The number of pyridine rings is 1. The summed E-state index contributed by atoms with van der Waals surface area (Å²) in [7, 11) is 2.17. The van der Waals surface area contributed by atoms with Gasteiger partial charge in [0.1, 0.15) is 5.75 Å². The molecule has 0 saturated carbocycles. The fourth-order valence-electron chi connectivity index (χ4n) is 5.56. The van der Waals surface area contributed by atoms with E-state index in [0.29, 0.717) is 25.6 Å². The molecule has 0 spiro atoms. The second-order valence-corrected chi connectivity index (χ2v) is 11.4. The maximum absolute atomic E-state index is 12.2. The Balaban J connectivity index is 1.03. The van der Waals surface area contributed by atoms with Crippen molar-refractivity contribution in [3.8, 4) is 5.75 Å². The number of urea groups is 1. The number of likely N-dealkylation sites (tertiary alicyclic amines) is 1.